The van der Waals surface area contributed by atoms with Gasteiger partial charge in [-0.3, -0.25) is 0 Å². The van der Waals surface area contributed by atoms with Crippen LogP contribution in [0.15, 0.2) is 56.8 Å². The van der Waals surface area contributed by atoms with E-state index in [-0.39, 0.29) is 21.7 Å². The lowest BCUT2D eigenvalue weighted by molar-refractivity contribution is 0.171. The molecule has 9 heteroatoms. The molecule has 2 heterocycles. The highest BCUT2D eigenvalue weighted by Gasteiger charge is 2.30. The molecule has 0 bridgehead atoms. The molecule has 0 saturated heterocycles. The van der Waals surface area contributed by atoms with E-state index in [0.717, 1.165) is 12.8 Å². The first-order valence-electron chi connectivity index (χ1n) is 10.1. The minimum Gasteiger partial charge on any atom is -0.497 e. The van der Waals surface area contributed by atoms with Gasteiger partial charge < -0.3 is 23.9 Å². The van der Waals surface area contributed by atoms with Gasteiger partial charge in [-0.15, -0.1) is 0 Å². The SMILES string of the molecule is CCCCNc1oc(-c2ccc(OC)cc2)nc1S(=O)(=O)c1ccc2c(c1)OCCO2. The summed E-state index contributed by atoms with van der Waals surface area (Å²) in [5.41, 5.74) is 0.642. The van der Waals surface area contributed by atoms with Crippen LogP contribution in [0.25, 0.3) is 11.5 Å². The summed E-state index contributed by atoms with van der Waals surface area (Å²) in [5, 5.41) is 2.92. The lowest BCUT2D eigenvalue weighted by Gasteiger charge is -2.18. The van der Waals surface area contributed by atoms with Crippen LogP contribution < -0.4 is 19.5 Å². The van der Waals surface area contributed by atoms with E-state index >= 15 is 0 Å². The fourth-order valence-electron chi connectivity index (χ4n) is 3.14. The van der Waals surface area contributed by atoms with E-state index < -0.39 is 9.84 Å². The van der Waals surface area contributed by atoms with Crippen molar-refractivity contribution < 1.29 is 27.0 Å². The van der Waals surface area contributed by atoms with E-state index in [2.05, 4.69) is 17.2 Å². The third-order valence-corrected chi connectivity index (χ3v) is 6.49. The van der Waals surface area contributed by atoms with Gasteiger partial charge in [-0.2, -0.15) is 4.98 Å². The van der Waals surface area contributed by atoms with Crippen molar-refractivity contribution in [3.05, 3.63) is 42.5 Å². The summed E-state index contributed by atoms with van der Waals surface area (Å²) in [5.74, 6) is 1.92. The highest BCUT2D eigenvalue weighted by atomic mass is 32.2. The van der Waals surface area contributed by atoms with Crippen LogP contribution in [-0.2, 0) is 9.84 Å². The van der Waals surface area contributed by atoms with Gasteiger partial charge in [0.2, 0.25) is 26.6 Å². The van der Waals surface area contributed by atoms with E-state index in [1.54, 1.807) is 37.4 Å². The van der Waals surface area contributed by atoms with E-state index in [1.165, 1.54) is 12.1 Å². The number of oxazole rings is 1. The van der Waals surface area contributed by atoms with Crippen LogP contribution in [0.4, 0.5) is 5.88 Å². The number of aromatic nitrogens is 1. The molecular weight excluding hydrogens is 420 g/mol. The van der Waals surface area contributed by atoms with Gasteiger partial charge in [-0.25, -0.2) is 8.42 Å². The minimum absolute atomic E-state index is 0.0601. The number of rotatable bonds is 8. The first kappa shape index (κ1) is 21.0. The molecule has 0 saturated carbocycles. The Balaban J connectivity index is 1.74. The topological polar surface area (TPSA) is 99.9 Å². The summed E-state index contributed by atoms with van der Waals surface area (Å²) < 4.78 is 48.9. The van der Waals surface area contributed by atoms with Gasteiger partial charge in [0, 0.05) is 18.2 Å². The molecule has 0 amide bonds. The number of unbranched alkanes of at least 4 members (excludes halogenated alkanes) is 1. The normalized spacial score (nSPS) is 13.1. The minimum atomic E-state index is -3.97. The Bertz CT molecular complexity index is 1160. The van der Waals surface area contributed by atoms with Crippen molar-refractivity contribution in [3.63, 3.8) is 0 Å². The number of nitrogens with zero attached hydrogens (tertiary/aromatic N) is 1. The number of hydrogen-bond donors (Lipinski definition) is 1. The van der Waals surface area contributed by atoms with Crippen LogP contribution in [0.1, 0.15) is 19.8 Å². The molecule has 4 rings (SSSR count). The van der Waals surface area contributed by atoms with Gasteiger partial charge >= 0.3 is 0 Å². The second-order valence-corrected chi connectivity index (χ2v) is 8.84. The summed E-state index contributed by atoms with van der Waals surface area (Å²) >= 11 is 0. The van der Waals surface area contributed by atoms with Crippen molar-refractivity contribution in [2.45, 2.75) is 29.7 Å². The van der Waals surface area contributed by atoms with Gasteiger partial charge in [0.1, 0.15) is 19.0 Å². The summed E-state index contributed by atoms with van der Waals surface area (Å²) in [6.07, 6.45) is 1.82. The Morgan fingerprint density at radius 2 is 1.81 bits per heavy atom. The average molecular weight is 445 g/mol. The number of methoxy groups -OCH3 is 1. The molecular formula is C22H24N2O6S. The number of ether oxygens (including phenoxy) is 3. The first-order valence-corrected chi connectivity index (χ1v) is 11.5. The molecule has 164 valence electrons. The Morgan fingerprint density at radius 1 is 1.06 bits per heavy atom. The fourth-order valence-corrected chi connectivity index (χ4v) is 4.43. The highest BCUT2D eigenvalue weighted by molar-refractivity contribution is 7.91. The molecule has 0 aliphatic carbocycles. The zero-order valence-electron chi connectivity index (χ0n) is 17.4. The van der Waals surface area contributed by atoms with Crippen molar-refractivity contribution in [2.24, 2.45) is 0 Å². The lowest BCUT2D eigenvalue weighted by Crippen LogP contribution is -2.16. The molecule has 1 aliphatic heterocycles. The van der Waals surface area contributed by atoms with Crippen molar-refractivity contribution >= 4 is 15.7 Å². The van der Waals surface area contributed by atoms with E-state index in [0.29, 0.717) is 42.6 Å². The smallest absolute Gasteiger partial charge is 0.233 e. The van der Waals surface area contributed by atoms with Gasteiger partial charge in [0.25, 0.3) is 0 Å². The Labute approximate surface area is 181 Å². The van der Waals surface area contributed by atoms with Crippen molar-refractivity contribution in [3.8, 4) is 28.7 Å². The summed E-state index contributed by atoms with van der Waals surface area (Å²) in [6.45, 7) is 3.42. The average Bonchev–Trinajstić information content (AvgIpc) is 3.24. The largest absolute Gasteiger partial charge is 0.497 e. The maximum Gasteiger partial charge on any atom is 0.233 e. The van der Waals surface area contributed by atoms with E-state index in [1.807, 2.05) is 0 Å². The van der Waals surface area contributed by atoms with Gasteiger partial charge in [0.15, 0.2) is 11.5 Å². The second-order valence-electron chi connectivity index (χ2n) is 6.97. The molecule has 1 aromatic heterocycles. The highest BCUT2D eigenvalue weighted by Crippen LogP contribution is 2.37. The summed E-state index contributed by atoms with van der Waals surface area (Å²) in [7, 11) is -2.39. The molecule has 3 aromatic rings. The third-order valence-electron chi connectivity index (χ3n) is 4.83. The molecule has 2 aromatic carbocycles. The standard InChI is InChI=1S/C22H24N2O6S/c1-3-4-11-23-21-22(24-20(30-21)15-5-7-16(27-2)8-6-15)31(25,26)17-9-10-18-19(14-17)29-13-12-28-18/h5-10,14,23H,3-4,11-13H2,1-2H3. The molecule has 8 nitrogen and oxygen atoms in total. The van der Waals surface area contributed by atoms with Crippen LogP contribution in [-0.4, -0.2) is 40.3 Å². The molecule has 0 fully saturated rings. The van der Waals surface area contributed by atoms with Crippen LogP contribution in [0.3, 0.4) is 0 Å². The summed E-state index contributed by atoms with van der Waals surface area (Å²) in [4.78, 5) is 4.40. The van der Waals surface area contributed by atoms with Gasteiger partial charge in [0.05, 0.1) is 12.0 Å². The molecule has 1 aliphatic rings. The van der Waals surface area contributed by atoms with Crippen LogP contribution >= 0.6 is 0 Å². The fraction of sp³-hybridized carbons (Fsp3) is 0.318. The van der Waals surface area contributed by atoms with E-state index in [4.69, 9.17) is 18.6 Å². The maximum atomic E-state index is 13.4. The van der Waals surface area contributed by atoms with Crippen LogP contribution in [0, 0.1) is 0 Å². The first-order chi connectivity index (χ1) is 15.0. The lowest BCUT2D eigenvalue weighted by atomic mass is 10.2. The van der Waals surface area contributed by atoms with Crippen molar-refractivity contribution in [1.82, 2.24) is 4.98 Å². The molecule has 0 radical (unpaired) electrons. The number of anilines is 1. The number of benzene rings is 2. The number of nitrogens with one attached hydrogen (secondary N) is 1. The molecule has 1 N–H and O–H groups in total. The maximum absolute atomic E-state index is 13.4. The summed E-state index contributed by atoms with van der Waals surface area (Å²) in [6, 6.07) is 11.6. The van der Waals surface area contributed by atoms with Crippen molar-refractivity contribution in [2.75, 3.05) is 32.2 Å². The molecule has 0 spiro atoms. The predicted molar refractivity (Wildman–Crippen MR) is 115 cm³/mol. The predicted octanol–water partition coefficient (Wildman–Crippen LogP) is 4.17. The Morgan fingerprint density at radius 3 is 2.52 bits per heavy atom. The molecule has 31 heavy (non-hydrogen) atoms. The second kappa shape index (κ2) is 8.89. The number of fused-ring (bicyclic) bond motifs is 1. The molecule has 0 atom stereocenters. The quantitative estimate of drug-likeness (QED) is 0.517. The number of sulfone groups is 1. The zero-order valence-corrected chi connectivity index (χ0v) is 18.2. The Hall–Kier alpha value is -3.20. The zero-order chi connectivity index (χ0) is 21.8. The van der Waals surface area contributed by atoms with Crippen LogP contribution in [0.5, 0.6) is 17.2 Å². The van der Waals surface area contributed by atoms with Gasteiger partial charge in [-0.05, 0) is 42.8 Å². The van der Waals surface area contributed by atoms with Crippen molar-refractivity contribution in [1.29, 1.82) is 0 Å². The van der Waals surface area contributed by atoms with Crippen LogP contribution in [0.2, 0.25) is 0 Å². The number of hydrogen-bond acceptors (Lipinski definition) is 8. The van der Waals surface area contributed by atoms with Gasteiger partial charge in [-0.1, -0.05) is 13.3 Å². The third kappa shape index (κ3) is 4.32. The monoisotopic (exact) mass is 444 g/mol. The molecule has 0 unspecified atom stereocenters. The van der Waals surface area contributed by atoms with E-state index in [9.17, 15) is 8.42 Å². The Kier molecular flexibility index (Phi) is 6.03.